The van der Waals surface area contributed by atoms with Crippen LogP contribution in [0.3, 0.4) is 0 Å². The van der Waals surface area contributed by atoms with Crippen molar-refractivity contribution in [3.05, 3.63) is 163 Å². The predicted molar refractivity (Wildman–Crippen MR) is 551 cm³/mol. The highest BCUT2D eigenvalue weighted by molar-refractivity contribution is 8.00. The van der Waals surface area contributed by atoms with Gasteiger partial charge in [-0.25, -0.2) is 88.7 Å². The first-order valence-electron chi connectivity index (χ1n) is 39.2. The molecule has 0 saturated heterocycles. The Bertz CT molecular complexity index is 7440. The molecule has 58 nitrogen and oxygen atoms in total. The van der Waals surface area contributed by atoms with Gasteiger partial charge in [0.25, 0.3) is 5.69 Å². The van der Waals surface area contributed by atoms with Crippen molar-refractivity contribution in [2.75, 3.05) is 128 Å². The van der Waals surface area contributed by atoms with Crippen molar-refractivity contribution < 1.29 is 8.78 Å². The Hall–Kier alpha value is -16.7. The van der Waals surface area contributed by atoms with Gasteiger partial charge in [0.1, 0.15) is 115 Å². The number of hydrogen-bond donors (Lipinski definition) is 23. The molecule has 22 rings (SSSR count). The minimum absolute atomic E-state index is 0.161. The molecule has 0 aliphatic rings. The maximum Gasteiger partial charge on any atom is 0.348 e. The van der Waals surface area contributed by atoms with Crippen LogP contribution in [0.15, 0.2) is 134 Å². The highest BCUT2D eigenvalue weighted by atomic mass is 35.5. The Morgan fingerprint density at radius 2 is 0.720 bits per heavy atom. The van der Waals surface area contributed by atoms with E-state index in [0.717, 1.165) is 63.6 Å². The summed E-state index contributed by atoms with van der Waals surface area (Å²) in [6.07, 6.45) is 30.8. The normalized spacial score (nSPS) is 10.4. The highest BCUT2D eigenvalue weighted by Gasteiger charge is 2.17. The van der Waals surface area contributed by atoms with Crippen LogP contribution in [0, 0.1) is 25.3 Å². The van der Waals surface area contributed by atoms with Crippen LogP contribution < -0.4 is 72.7 Å². The molecule has 0 spiro atoms. The fourth-order valence-corrected chi connectivity index (χ4v) is 16.1. The van der Waals surface area contributed by atoms with Gasteiger partial charge >= 0.3 is 34.9 Å². The SMILES string of the molecule is CNc1nc(=O)[nH]c2[nH]ncc12.CNc1nc(=O)[nH]c2nc[nH]c12.CSc1nc(=O)[nH]c2[nH]ncc12.CSc1nc(=O)[nH]c2nc[nH]c12.CSc1nc(Cl)nc2[nH]ncc12.CSc1nc(Cl)nc2nc[nH]c12.CSc1nc(F)nc2[nH]ncc12.CSc1nc(F)nc2nc[nH]c12.CSc1nc(N)nc2[nH]ncc12.CSc1nc(N)nc2nc[nH]c12.[C-]#[N+]c1c(N)ncnc1NC.[C-]#[N+]c1c(NC)cc(N)nc1N. The number of anilines is 9. The van der Waals surface area contributed by atoms with Gasteiger partial charge in [-0.3, -0.25) is 45.4 Å². The lowest BCUT2D eigenvalue weighted by atomic mass is 10.3. The number of nitrogens with two attached hydrogens (primary N) is 5. The standard InChI is InChI=1S/C7H9N5.2C6H5ClN4S.2C6H5FN4S.2C6H7N5O.2C6H7N5S.C6H7N5.2C6H6N4OS/c1-10-4-3-5(8)12-7(9)6(4)11-2;1-12-5-3-4(9-2-8-3)10-6(7)11-5;1-12-5-3-2-8-11-4(3)9-6(7)10-5;1-12-5-3-4(9-2-8-3)10-6(7)11-5;1-12-5-3-2-8-11-4(3)9-6(7)10-5;1-7-4-3-5(9-2-8-3)11-6(12)10-4;1-7-4-3-2-8-11-5(3)10-6(12)9-4;1-12-5-3-4(9-2-8-3)10-6(7)11-5;1-12-5-3-2-8-11-4(3)9-6(7)10-5;1-8-4-5(7)10-3-11-6(4)9-2;1-12-5-3-4(8-2-7-3)9-6(11)10-5;1-12-5-3-2-7-10-4(3)8-6(11)9-5/h3H,1H3,(H5,8,9,10,12);4*2H,1H3,(H,8,9,10,11);2*2H,1H3,(H3,7,8,9,10,11,12);2*2H,1H3,(H3,7,8,9,10,11);3H,2H3,(H3,7,9,10,11);2*2H,1H3,(H2,7,8,9,10,11). The Balaban J connectivity index is 0.000000149. The summed E-state index contributed by atoms with van der Waals surface area (Å²) in [4.78, 5) is 167. The third kappa shape index (κ3) is 27.9. The van der Waals surface area contributed by atoms with E-state index in [1.165, 1.54) is 119 Å². The van der Waals surface area contributed by atoms with E-state index in [-0.39, 0.29) is 51.2 Å². The molecule has 28 N–H and O–H groups in total. The first kappa shape index (κ1) is 107. The quantitative estimate of drug-likeness (QED) is 0.0235. The minimum atomic E-state index is -0.737. The van der Waals surface area contributed by atoms with Gasteiger partial charge in [-0.15, -0.1) is 94.1 Å². The van der Waals surface area contributed by atoms with Gasteiger partial charge in [0, 0.05) is 33.9 Å². The lowest BCUT2D eigenvalue weighted by Gasteiger charge is -2.05. The third-order valence-electron chi connectivity index (χ3n) is 17.4. The Morgan fingerprint density at radius 3 is 1.27 bits per heavy atom. The number of fused-ring (bicyclic) bond motifs is 10. The summed E-state index contributed by atoms with van der Waals surface area (Å²) >= 11 is 23.0. The van der Waals surface area contributed by atoms with E-state index in [0.29, 0.717) is 122 Å². The summed E-state index contributed by atoms with van der Waals surface area (Å²) in [6, 6.07) is 1.57. The average molecular weight is 2140 g/mol. The van der Waals surface area contributed by atoms with Crippen LogP contribution in [0.4, 0.5) is 72.6 Å². The summed E-state index contributed by atoms with van der Waals surface area (Å²) in [5, 5.41) is 54.2. The average Bonchev–Trinajstić information content (AvgIpc) is 1.75. The zero-order chi connectivity index (χ0) is 103. The molecule has 70 heteroatoms. The number of aromatic nitrogens is 43. The highest BCUT2D eigenvalue weighted by Crippen LogP contribution is 2.33. The van der Waals surface area contributed by atoms with E-state index in [4.69, 9.17) is 65.0 Å². The number of thioether (sulfide) groups is 8. The first-order chi connectivity index (χ1) is 69.1. The fourth-order valence-electron chi connectivity index (χ4n) is 11.3. The maximum absolute atomic E-state index is 12.7. The molecule has 0 unspecified atom stereocenters. The molecule has 0 atom stereocenters. The zero-order valence-electron chi connectivity index (χ0n) is 75.6. The van der Waals surface area contributed by atoms with Crippen LogP contribution in [0.25, 0.3) is 121 Å². The van der Waals surface area contributed by atoms with E-state index in [9.17, 15) is 28.0 Å². The van der Waals surface area contributed by atoms with Gasteiger partial charge in [0.05, 0.1) is 103 Å². The second-order valence-electron chi connectivity index (χ2n) is 25.9. The molecular weight excluding hydrogens is 2060 g/mol. The smallest absolute Gasteiger partial charge is 0.348 e. The van der Waals surface area contributed by atoms with Crippen molar-refractivity contribution in [3.63, 3.8) is 0 Å². The van der Waals surface area contributed by atoms with Gasteiger partial charge in [-0.2, -0.15) is 94.1 Å². The number of aromatic amines is 14. The van der Waals surface area contributed by atoms with Crippen molar-refractivity contribution in [2.45, 2.75) is 40.2 Å². The van der Waals surface area contributed by atoms with Crippen LogP contribution in [-0.2, 0) is 0 Å². The van der Waals surface area contributed by atoms with Crippen molar-refractivity contribution in [1.82, 2.24) is 215 Å². The molecule has 143 heavy (non-hydrogen) atoms. The molecule has 0 amide bonds. The molecule has 0 aliphatic carbocycles. The van der Waals surface area contributed by atoms with Crippen LogP contribution in [0.2, 0.25) is 10.6 Å². The van der Waals surface area contributed by atoms with Gasteiger partial charge in [-0.1, -0.05) is 0 Å². The van der Waals surface area contributed by atoms with Gasteiger partial charge < -0.3 is 74.9 Å². The second kappa shape index (κ2) is 51.8. The number of nitrogens with one attached hydrogen (secondary N) is 18. The van der Waals surface area contributed by atoms with Crippen LogP contribution in [0.5, 0.6) is 0 Å². The predicted octanol–water partition coefficient (Wildman–Crippen LogP) is 8.80. The molecule has 0 fully saturated rings. The van der Waals surface area contributed by atoms with E-state index in [1.54, 1.807) is 77.9 Å². The van der Waals surface area contributed by atoms with E-state index in [1.807, 2.05) is 50.0 Å². The summed E-state index contributed by atoms with van der Waals surface area (Å²) in [6.45, 7) is 13.6. The van der Waals surface area contributed by atoms with Crippen LogP contribution in [0.1, 0.15) is 0 Å². The third-order valence-corrected chi connectivity index (χ3v) is 23.2. The number of imidazole rings is 5. The molecule has 0 aromatic carbocycles. The number of nitrogens with zero attached hydrogens (tertiary/aromatic N) is 31. The van der Waals surface area contributed by atoms with Crippen molar-refractivity contribution in [1.29, 1.82) is 0 Å². The molecule has 22 heterocycles. The fraction of sp³-hybridized carbons (Fsp3) is 0.164. The number of rotatable bonds is 12. The van der Waals surface area contributed by atoms with Gasteiger partial charge in [0.2, 0.25) is 28.2 Å². The molecular formula is C73H76Cl2F2N54O4S8. The number of nitrogen functional groups attached to an aromatic ring is 5. The largest absolute Gasteiger partial charge is 0.396 e. The van der Waals surface area contributed by atoms with Crippen molar-refractivity contribution in [2.24, 2.45) is 0 Å². The van der Waals surface area contributed by atoms with Gasteiger partial charge in [-0.05, 0) is 79.3 Å². The lowest BCUT2D eigenvalue weighted by Crippen LogP contribution is -2.12. The Morgan fingerprint density at radius 1 is 0.336 bits per heavy atom. The lowest BCUT2D eigenvalue weighted by molar-refractivity contribution is 0.533. The van der Waals surface area contributed by atoms with Crippen LogP contribution >= 0.6 is 117 Å². The summed E-state index contributed by atoms with van der Waals surface area (Å²) in [5.41, 5.74) is 36.4. The van der Waals surface area contributed by atoms with E-state index < -0.39 is 23.5 Å². The molecule has 0 bridgehead atoms. The van der Waals surface area contributed by atoms with Gasteiger partial charge in [0.15, 0.2) is 51.0 Å². The summed E-state index contributed by atoms with van der Waals surface area (Å²) < 4.78 is 25.4. The number of hydrogen-bond acceptors (Lipinski definition) is 50. The number of halogens is 4. The minimum Gasteiger partial charge on any atom is -0.396 e. The number of H-pyrrole nitrogens is 14. The zero-order valence-corrected chi connectivity index (χ0v) is 83.6. The molecule has 738 valence electrons. The second-order valence-corrected chi connectivity index (χ2v) is 32.9. The number of pyridine rings is 1. The molecule has 0 aliphatic heterocycles. The van der Waals surface area contributed by atoms with Crippen molar-refractivity contribution >= 4 is 292 Å². The molecule has 0 radical (unpaired) electrons. The maximum atomic E-state index is 12.7. The summed E-state index contributed by atoms with van der Waals surface area (Å²) in [7, 11) is 6.77. The molecule has 22 aromatic heterocycles. The Labute approximate surface area is 841 Å². The monoisotopic (exact) mass is 2140 g/mol. The van der Waals surface area contributed by atoms with E-state index in [2.05, 4.69) is 246 Å². The van der Waals surface area contributed by atoms with E-state index >= 15 is 0 Å². The summed E-state index contributed by atoms with van der Waals surface area (Å²) in [5.74, 6) is 2.72. The first-order valence-corrected chi connectivity index (χ1v) is 49.7. The molecule has 0 saturated carbocycles. The topological polar surface area (TPSA) is 850 Å². The Kier molecular flexibility index (Phi) is 38.7. The van der Waals surface area contributed by atoms with Crippen LogP contribution in [-0.4, -0.2) is 294 Å². The molecule has 22 aromatic rings. The van der Waals surface area contributed by atoms with Crippen molar-refractivity contribution in [3.8, 4) is 0 Å².